The van der Waals surface area contributed by atoms with Gasteiger partial charge >= 0.3 is 0 Å². The third kappa shape index (κ3) is 4.49. The maximum absolute atomic E-state index is 9.43. The van der Waals surface area contributed by atoms with E-state index in [-0.39, 0.29) is 22.8 Å². The summed E-state index contributed by atoms with van der Waals surface area (Å²) < 4.78 is 0. The Hall–Kier alpha value is -0.584. The Morgan fingerprint density at radius 1 is 1.00 bits per heavy atom. The molecule has 0 aliphatic rings. The van der Waals surface area contributed by atoms with Crippen molar-refractivity contribution < 1.29 is 22.2 Å². The first-order valence-electron chi connectivity index (χ1n) is 7.19. The van der Waals surface area contributed by atoms with E-state index in [1.54, 1.807) is 18.3 Å². The fraction of sp³-hybridized carbons (Fsp3) is 0.375. The van der Waals surface area contributed by atoms with Crippen molar-refractivity contribution in [2.24, 2.45) is 0 Å². The van der Waals surface area contributed by atoms with Crippen molar-refractivity contribution in [3.63, 3.8) is 0 Å². The number of hydrogen-bond acceptors (Lipinski definition) is 3. The molecule has 0 saturated carbocycles. The summed E-state index contributed by atoms with van der Waals surface area (Å²) in [6.07, 6.45) is 2.98. The zero-order valence-corrected chi connectivity index (χ0v) is 16.8. The Balaban J connectivity index is 0.00000264. The van der Waals surface area contributed by atoms with Crippen LogP contribution in [0.1, 0.15) is 27.7 Å². The van der Waals surface area contributed by atoms with Crippen molar-refractivity contribution in [2.45, 2.75) is 38.8 Å². The van der Waals surface area contributed by atoms with Gasteiger partial charge in [-0.3, -0.25) is 9.97 Å². The van der Waals surface area contributed by atoms with Crippen molar-refractivity contribution in [1.82, 2.24) is 9.97 Å². The van der Waals surface area contributed by atoms with Crippen LogP contribution in [0.5, 0.6) is 5.75 Å². The monoisotopic (exact) mass is 416 g/mol. The van der Waals surface area contributed by atoms with Crippen LogP contribution in [0.4, 0.5) is 0 Å². The van der Waals surface area contributed by atoms with Gasteiger partial charge in [-0.05, 0) is 28.4 Å². The van der Waals surface area contributed by atoms with E-state index in [9.17, 15) is 5.11 Å². The van der Waals surface area contributed by atoms with Gasteiger partial charge in [-0.1, -0.05) is 50.9 Å². The van der Waals surface area contributed by atoms with Crippen LogP contribution in [0.2, 0.25) is 21.1 Å². The second-order valence-electron chi connectivity index (χ2n) is 5.81. The topological polar surface area (TPSA) is 46.0 Å². The number of hydrogen-bond donors (Lipinski definition) is 1. The van der Waals surface area contributed by atoms with E-state index < -0.39 is 8.80 Å². The second kappa shape index (κ2) is 8.50. The smallest absolute Gasteiger partial charge is 0.133 e. The molecule has 0 aromatic carbocycles. The van der Waals surface area contributed by atoms with Crippen LogP contribution in [0.3, 0.4) is 0 Å². The van der Waals surface area contributed by atoms with Gasteiger partial charge in [-0.25, -0.2) is 0 Å². The van der Waals surface area contributed by atoms with Crippen molar-refractivity contribution in [2.75, 3.05) is 0 Å². The maximum atomic E-state index is 9.43. The van der Waals surface area contributed by atoms with Crippen molar-refractivity contribution in [3.8, 4) is 17.1 Å². The van der Waals surface area contributed by atoms with Crippen LogP contribution in [-0.2, 0) is 17.1 Å². The van der Waals surface area contributed by atoms with Gasteiger partial charge in [0.25, 0.3) is 0 Å². The fourth-order valence-corrected chi connectivity index (χ4v) is 6.72. The Labute approximate surface area is 159 Å². The van der Waals surface area contributed by atoms with Gasteiger partial charge in [0, 0.05) is 23.3 Å². The average molecular weight is 418 g/mol. The summed E-state index contributed by atoms with van der Waals surface area (Å²) in [5, 5.41) is 11.5. The first-order valence-corrected chi connectivity index (χ1v) is 9.60. The van der Waals surface area contributed by atoms with E-state index in [2.05, 4.69) is 37.7 Å². The molecule has 2 heterocycles. The predicted molar refractivity (Wildman–Crippen MR) is 94.7 cm³/mol. The van der Waals surface area contributed by atoms with Crippen molar-refractivity contribution >= 4 is 37.2 Å². The van der Waals surface area contributed by atoms with E-state index in [1.807, 2.05) is 0 Å². The number of aromatic nitrogens is 2. The number of pyridine rings is 2. The molecule has 0 amide bonds. The number of rotatable bonds is 4. The minimum absolute atomic E-state index is 0. The minimum Gasteiger partial charge on any atom is -0.506 e. The molecule has 1 N–H and O–H groups in total. The van der Waals surface area contributed by atoms with Gasteiger partial charge < -0.3 is 5.11 Å². The van der Waals surface area contributed by atoms with Crippen molar-refractivity contribution in [1.29, 1.82) is 0 Å². The van der Waals surface area contributed by atoms with Crippen LogP contribution in [0, 0.1) is 0 Å². The Kier molecular flexibility index (Phi) is 7.56. The standard InChI is InChI=1S/C16H19Cl2N2OSi.Cu/c1-9(2)22(10(3)4)16-14(18)12(17)8-20-15(16)13-6-5-11(21)7-19-13;/h5-10,21H,1-4H3;. The molecule has 0 aliphatic heterocycles. The molecule has 7 heteroatoms. The molecule has 0 atom stereocenters. The van der Waals surface area contributed by atoms with E-state index in [0.29, 0.717) is 26.8 Å². The van der Waals surface area contributed by atoms with Gasteiger partial charge in [-0.2, -0.15) is 0 Å². The zero-order chi connectivity index (χ0) is 16.4. The predicted octanol–water partition coefficient (Wildman–Crippen LogP) is 4.68. The summed E-state index contributed by atoms with van der Waals surface area (Å²) in [5.74, 6) is 0.128. The Bertz CT molecular complexity index is 658. The molecule has 2 radical (unpaired) electrons. The number of nitrogens with zero attached hydrogens (tertiary/aromatic N) is 2. The van der Waals surface area contributed by atoms with Crippen LogP contribution in [0.15, 0.2) is 24.5 Å². The van der Waals surface area contributed by atoms with Crippen LogP contribution < -0.4 is 5.19 Å². The molecule has 0 aliphatic carbocycles. The van der Waals surface area contributed by atoms with E-state index in [1.165, 1.54) is 6.20 Å². The van der Waals surface area contributed by atoms with Gasteiger partial charge in [0.05, 0.1) is 36.4 Å². The molecule has 0 fully saturated rings. The van der Waals surface area contributed by atoms with Crippen LogP contribution in [0.25, 0.3) is 11.4 Å². The molecular weight excluding hydrogens is 399 g/mol. The normalized spacial score (nSPS) is 11.2. The SMILES string of the molecule is CC(C)[Si](c1c(-c2ccc(O)cn2)ncc(Cl)c1Cl)C(C)C.[Cu]. The number of aromatic hydroxyl groups is 1. The molecule has 0 unspecified atom stereocenters. The van der Waals surface area contributed by atoms with Gasteiger partial charge in [0.2, 0.25) is 0 Å². The summed E-state index contributed by atoms with van der Waals surface area (Å²) >= 11 is 12.8. The average Bonchev–Trinajstić information content (AvgIpc) is 2.44. The third-order valence-electron chi connectivity index (χ3n) is 3.50. The Morgan fingerprint density at radius 2 is 1.61 bits per heavy atom. The second-order valence-corrected chi connectivity index (χ2v) is 10.3. The van der Waals surface area contributed by atoms with E-state index >= 15 is 0 Å². The summed E-state index contributed by atoms with van der Waals surface area (Å²) in [6.45, 7) is 8.83. The fourth-order valence-electron chi connectivity index (χ4n) is 2.69. The first kappa shape index (κ1) is 20.5. The summed E-state index contributed by atoms with van der Waals surface area (Å²) in [6, 6.07) is 3.36. The maximum Gasteiger partial charge on any atom is 0.133 e. The Morgan fingerprint density at radius 3 is 2.09 bits per heavy atom. The molecule has 2 rings (SSSR count). The quantitative estimate of drug-likeness (QED) is 0.735. The molecule has 128 valence electrons. The van der Waals surface area contributed by atoms with Crippen LogP contribution in [-0.4, -0.2) is 23.9 Å². The number of halogens is 2. The molecule has 23 heavy (non-hydrogen) atoms. The zero-order valence-electron chi connectivity index (χ0n) is 13.4. The minimum atomic E-state index is -0.977. The van der Waals surface area contributed by atoms with Gasteiger partial charge in [-0.15, -0.1) is 0 Å². The van der Waals surface area contributed by atoms with Gasteiger partial charge in [0.1, 0.15) is 5.75 Å². The summed E-state index contributed by atoms with van der Waals surface area (Å²) in [4.78, 5) is 8.77. The molecule has 0 bridgehead atoms. The third-order valence-corrected chi connectivity index (χ3v) is 7.98. The summed E-state index contributed by atoms with van der Waals surface area (Å²) in [5.41, 5.74) is 2.44. The van der Waals surface area contributed by atoms with Gasteiger partial charge in [0.15, 0.2) is 0 Å². The molecule has 2 aromatic rings. The van der Waals surface area contributed by atoms with Crippen LogP contribution >= 0.6 is 23.2 Å². The van der Waals surface area contributed by atoms with E-state index in [4.69, 9.17) is 23.2 Å². The largest absolute Gasteiger partial charge is 0.506 e. The van der Waals surface area contributed by atoms with E-state index in [0.717, 1.165) is 10.9 Å². The summed E-state index contributed by atoms with van der Waals surface area (Å²) in [7, 11) is -0.977. The molecule has 0 spiro atoms. The first-order chi connectivity index (χ1) is 10.3. The molecule has 0 saturated heterocycles. The molecule has 3 nitrogen and oxygen atoms in total. The molecule has 2 aromatic heterocycles. The molecular formula is C16H19Cl2CuN2OSi. The van der Waals surface area contributed by atoms with Crippen molar-refractivity contribution in [3.05, 3.63) is 34.6 Å².